The maximum absolute atomic E-state index is 14.6. The number of rotatable bonds is 12. The molecule has 2 amide bonds. The van der Waals surface area contributed by atoms with Crippen LogP contribution in [-0.4, -0.2) is 50.4 Å². The Balaban J connectivity index is 1.85. The molecular formula is C35H37Cl2N3O5S. The van der Waals surface area contributed by atoms with Crippen molar-refractivity contribution < 1.29 is 22.7 Å². The summed E-state index contributed by atoms with van der Waals surface area (Å²) >= 11 is 12.5. The number of hydrogen-bond acceptors (Lipinski definition) is 5. The van der Waals surface area contributed by atoms with Crippen molar-refractivity contribution in [3.63, 3.8) is 0 Å². The summed E-state index contributed by atoms with van der Waals surface area (Å²) in [5.41, 5.74) is 1.02. The molecule has 0 radical (unpaired) electrons. The summed E-state index contributed by atoms with van der Waals surface area (Å²) in [6.07, 6.45) is 0.188. The molecule has 0 unspecified atom stereocenters. The number of amides is 2. The van der Waals surface area contributed by atoms with Crippen molar-refractivity contribution in [2.24, 2.45) is 0 Å². The molecule has 242 valence electrons. The Morgan fingerprint density at radius 3 is 2.00 bits per heavy atom. The SMILES string of the molecule is COc1ccc(Cl)cc1N(CC(=O)N(Cc1ccc(Cl)cc1)[C@H](Cc1ccccc1)C(=O)NC(C)(C)C)S(=O)(=O)c1ccccc1. The lowest BCUT2D eigenvalue weighted by molar-refractivity contribution is -0.140. The molecule has 1 N–H and O–H groups in total. The van der Waals surface area contributed by atoms with Crippen LogP contribution in [0.4, 0.5) is 5.69 Å². The summed E-state index contributed by atoms with van der Waals surface area (Å²) in [7, 11) is -2.91. The molecule has 0 fully saturated rings. The van der Waals surface area contributed by atoms with Crippen molar-refractivity contribution in [1.29, 1.82) is 0 Å². The molecule has 4 aromatic carbocycles. The van der Waals surface area contributed by atoms with Gasteiger partial charge >= 0.3 is 0 Å². The number of nitrogens with zero attached hydrogens (tertiary/aromatic N) is 2. The van der Waals surface area contributed by atoms with E-state index >= 15 is 0 Å². The number of carbonyl (C=O) groups excluding carboxylic acids is 2. The Labute approximate surface area is 280 Å². The molecular weight excluding hydrogens is 645 g/mol. The van der Waals surface area contributed by atoms with Gasteiger partial charge in [-0.2, -0.15) is 0 Å². The lowest BCUT2D eigenvalue weighted by Gasteiger charge is -2.35. The molecule has 0 aliphatic carbocycles. The van der Waals surface area contributed by atoms with Crippen LogP contribution in [0.5, 0.6) is 5.75 Å². The summed E-state index contributed by atoms with van der Waals surface area (Å²) in [5.74, 6) is -0.787. The molecule has 0 saturated carbocycles. The van der Waals surface area contributed by atoms with Crippen LogP contribution in [0, 0.1) is 0 Å². The van der Waals surface area contributed by atoms with Crippen LogP contribution in [-0.2, 0) is 32.6 Å². The quantitative estimate of drug-likeness (QED) is 0.178. The van der Waals surface area contributed by atoms with Gasteiger partial charge in [0.2, 0.25) is 11.8 Å². The van der Waals surface area contributed by atoms with Crippen LogP contribution in [0.25, 0.3) is 0 Å². The Morgan fingerprint density at radius 1 is 0.826 bits per heavy atom. The van der Waals surface area contributed by atoms with Gasteiger partial charge in [-0.25, -0.2) is 8.42 Å². The van der Waals surface area contributed by atoms with Gasteiger partial charge < -0.3 is 15.0 Å². The summed E-state index contributed by atoms with van der Waals surface area (Å²) in [6.45, 7) is 4.94. The number of methoxy groups -OCH3 is 1. The zero-order valence-electron chi connectivity index (χ0n) is 26.1. The normalized spacial score (nSPS) is 12.2. The van der Waals surface area contributed by atoms with Crippen molar-refractivity contribution in [2.45, 2.75) is 50.2 Å². The fraction of sp³-hybridized carbons (Fsp3) is 0.257. The molecule has 0 aliphatic rings. The lowest BCUT2D eigenvalue weighted by Crippen LogP contribution is -2.56. The molecule has 11 heteroatoms. The van der Waals surface area contributed by atoms with Gasteiger partial charge in [0.05, 0.1) is 17.7 Å². The second-order valence-corrected chi connectivity index (χ2v) is 14.5. The van der Waals surface area contributed by atoms with Crippen molar-refractivity contribution in [3.05, 3.63) is 124 Å². The molecule has 0 bridgehead atoms. The van der Waals surface area contributed by atoms with E-state index in [1.54, 1.807) is 48.5 Å². The van der Waals surface area contributed by atoms with Gasteiger partial charge in [-0.1, -0.05) is 83.9 Å². The number of hydrogen-bond donors (Lipinski definition) is 1. The molecule has 0 saturated heterocycles. The largest absolute Gasteiger partial charge is 0.495 e. The van der Waals surface area contributed by atoms with E-state index in [4.69, 9.17) is 27.9 Å². The first kappa shape index (κ1) is 34.8. The van der Waals surface area contributed by atoms with E-state index in [1.807, 2.05) is 51.1 Å². The molecule has 0 aliphatic heterocycles. The molecule has 46 heavy (non-hydrogen) atoms. The molecule has 0 aromatic heterocycles. The number of nitrogens with one attached hydrogen (secondary N) is 1. The van der Waals surface area contributed by atoms with Gasteiger partial charge in [0.15, 0.2) is 0 Å². The average Bonchev–Trinajstić information content (AvgIpc) is 3.02. The minimum atomic E-state index is -4.31. The van der Waals surface area contributed by atoms with E-state index in [-0.39, 0.29) is 40.2 Å². The van der Waals surface area contributed by atoms with Crippen LogP contribution >= 0.6 is 23.2 Å². The fourth-order valence-electron chi connectivity index (χ4n) is 4.88. The standard InChI is InChI=1S/C35H37Cl2N3O5S/c1-35(2,3)38-34(42)31(21-25-11-7-5-8-12-25)39(23-26-15-17-27(36)18-16-26)33(41)24-40(30-22-28(37)19-20-32(30)45-4)46(43,44)29-13-9-6-10-14-29/h5-20,22,31H,21,23-24H2,1-4H3,(H,38,42)/t31-/m1/s1. The first-order chi connectivity index (χ1) is 21.8. The third kappa shape index (κ3) is 9.02. The van der Waals surface area contributed by atoms with E-state index in [0.717, 1.165) is 9.87 Å². The number of halogens is 2. The highest BCUT2D eigenvalue weighted by Crippen LogP contribution is 2.35. The number of benzene rings is 4. The maximum atomic E-state index is 14.6. The van der Waals surface area contributed by atoms with Gasteiger partial charge in [-0.05, 0) is 74.4 Å². The van der Waals surface area contributed by atoms with Crippen molar-refractivity contribution in [1.82, 2.24) is 10.2 Å². The Morgan fingerprint density at radius 2 is 1.41 bits per heavy atom. The number of ether oxygens (including phenoxy) is 1. The van der Waals surface area contributed by atoms with Gasteiger partial charge in [-0.15, -0.1) is 0 Å². The topological polar surface area (TPSA) is 96.0 Å². The molecule has 0 heterocycles. The zero-order valence-corrected chi connectivity index (χ0v) is 28.4. The molecule has 8 nitrogen and oxygen atoms in total. The van der Waals surface area contributed by atoms with Crippen molar-refractivity contribution in [3.8, 4) is 5.75 Å². The van der Waals surface area contributed by atoms with E-state index in [2.05, 4.69) is 5.32 Å². The highest BCUT2D eigenvalue weighted by molar-refractivity contribution is 7.92. The van der Waals surface area contributed by atoms with Gasteiger partial charge in [0.1, 0.15) is 18.3 Å². The van der Waals surface area contributed by atoms with Crippen LogP contribution in [0.3, 0.4) is 0 Å². The summed E-state index contributed by atoms with van der Waals surface area (Å²) in [5, 5.41) is 3.78. The first-order valence-corrected chi connectivity index (χ1v) is 16.8. The molecule has 0 spiro atoms. The van der Waals surface area contributed by atoms with Crippen molar-refractivity contribution in [2.75, 3.05) is 18.0 Å². The van der Waals surface area contributed by atoms with Crippen molar-refractivity contribution >= 4 is 50.7 Å². The fourth-order valence-corrected chi connectivity index (χ4v) is 6.61. The van der Waals surface area contributed by atoms with Crippen LogP contribution < -0.4 is 14.4 Å². The Hall–Kier alpha value is -4.05. The van der Waals surface area contributed by atoms with E-state index < -0.39 is 34.1 Å². The van der Waals surface area contributed by atoms with Gasteiger partial charge in [0.25, 0.3) is 10.0 Å². The van der Waals surface area contributed by atoms with Gasteiger partial charge in [-0.3, -0.25) is 13.9 Å². The third-order valence-corrected chi connectivity index (χ3v) is 9.32. The number of carbonyl (C=O) groups is 2. The van der Waals surface area contributed by atoms with E-state index in [1.165, 1.54) is 36.3 Å². The first-order valence-electron chi connectivity index (χ1n) is 14.6. The zero-order chi connectivity index (χ0) is 33.5. The lowest BCUT2D eigenvalue weighted by atomic mass is 10.0. The molecule has 4 rings (SSSR count). The smallest absolute Gasteiger partial charge is 0.264 e. The molecule has 4 aromatic rings. The average molecular weight is 683 g/mol. The molecule has 1 atom stereocenters. The van der Waals surface area contributed by atoms with Gasteiger partial charge in [0, 0.05) is 28.5 Å². The summed E-state index contributed by atoms with van der Waals surface area (Å²) in [4.78, 5) is 30.0. The minimum absolute atomic E-state index is 0.0109. The van der Waals surface area contributed by atoms with E-state index in [9.17, 15) is 18.0 Å². The monoisotopic (exact) mass is 681 g/mol. The maximum Gasteiger partial charge on any atom is 0.264 e. The Bertz CT molecular complexity index is 1750. The minimum Gasteiger partial charge on any atom is -0.495 e. The highest BCUT2D eigenvalue weighted by Gasteiger charge is 2.36. The van der Waals surface area contributed by atoms with Crippen LogP contribution in [0.2, 0.25) is 10.0 Å². The summed E-state index contributed by atoms with van der Waals surface area (Å²) < 4.78 is 34.9. The van der Waals surface area contributed by atoms with Crippen LogP contribution in [0.1, 0.15) is 31.9 Å². The van der Waals surface area contributed by atoms with E-state index in [0.29, 0.717) is 10.6 Å². The number of sulfonamides is 1. The highest BCUT2D eigenvalue weighted by atomic mass is 35.5. The third-order valence-electron chi connectivity index (χ3n) is 7.06. The van der Waals surface area contributed by atoms with Crippen LogP contribution in [0.15, 0.2) is 108 Å². The Kier molecular flexibility index (Phi) is 11.4. The second kappa shape index (κ2) is 15.0. The second-order valence-electron chi connectivity index (χ2n) is 11.7. The number of anilines is 1. The summed E-state index contributed by atoms with van der Waals surface area (Å²) in [6, 6.07) is 27.6. The predicted octanol–water partition coefficient (Wildman–Crippen LogP) is 6.75. The predicted molar refractivity (Wildman–Crippen MR) is 183 cm³/mol.